The van der Waals surface area contributed by atoms with E-state index in [1.54, 1.807) is 25.3 Å². The molecule has 0 atom stereocenters. The molecule has 2 heterocycles. The number of carbonyl (C=O) groups is 1. The highest BCUT2D eigenvalue weighted by Gasteiger charge is 2.13. The summed E-state index contributed by atoms with van der Waals surface area (Å²) >= 11 is 0. The number of hydrogen-bond acceptors (Lipinski definition) is 5. The highest BCUT2D eigenvalue weighted by Crippen LogP contribution is 2.24. The van der Waals surface area contributed by atoms with Crippen LogP contribution in [0.3, 0.4) is 0 Å². The molecule has 6 nitrogen and oxygen atoms in total. The molecule has 0 aliphatic rings. The van der Waals surface area contributed by atoms with Crippen molar-refractivity contribution in [3.8, 4) is 0 Å². The summed E-state index contributed by atoms with van der Waals surface area (Å²) in [5, 5.41) is 6.70. The lowest BCUT2D eigenvalue weighted by molar-refractivity contribution is 0.102. The Bertz CT molecular complexity index is 1170. The van der Waals surface area contributed by atoms with Crippen LogP contribution in [0.5, 0.6) is 0 Å². The van der Waals surface area contributed by atoms with E-state index >= 15 is 0 Å². The highest BCUT2D eigenvalue weighted by molar-refractivity contribution is 6.03. The fourth-order valence-corrected chi connectivity index (χ4v) is 2.84. The minimum Gasteiger partial charge on any atom is -0.338 e. The van der Waals surface area contributed by atoms with Gasteiger partial charge < -0.3 is 10.6 Å². The zero-order valence-corrected chi connectivity index (χ0v) is 15.0. The van der Waals surface area contributed by atoms with Gasteiger partial charge in [0, 0.05) is 17.6 Å². The predicted octanol–water partition coefficient (Wildman–Crippen LogP) is 4.47. The summed E-state index contributed by atoms with van der Waals surface area (Å²) in [6, 6.07) is 17.1. The third-order valence-electron chi connectivity index (χ3n) is 4.09. The molecule has 2 aromatic carbocycles. The molecular formula is C21H16FN5O. The Kier molecular flexibility index (Phi) is 4.63. The summed E-state index contributed by atoms with van der Waals surface area (Å²) in [5.74, 6) is -0.169. The third-order valence-corrected chi connectivity index (χ3v) is 4.09. The van der Waals surface area contributed by atoms with E-state index in [1.165, 1.54) is 18.2 Å². The molecule has 0 aliphatic carbocycles. The second-order valence-electron chi connectivity index (χ2n) is 6.13. The van der Waals surface area contributed by atoms with Gasteiger partial charge in [0.1, 0.15) is 23.2 Å². The Morgan fingerprint density at radius 1 is 0.964 bits per heavy atom. The molecule has 0 unspecified atom stereocenters. The minimum absolute atomic E-state index is 0.0940. The molecule has 4 rings (SSSR count). The van der Waals surface area contributed by atoms with E-state index in [1.807, 2.05) is 30.3 Å². The van der Waals surface area contributed by atoms with Crippen LogP contribution in [0, 0.1) is 12.7 Å². The van der Waals surface area contributed by atoms with Crippen LogP contribution >= 0.6 is 0 Å². The molecule has 0 radical (unpaired) electrons. The van der Waals surface area contributed by atoms with Crippen LogP contribution in [0.15, 0.2) is 66.9 Å². The van der Waals surface area contributed by atoms with Crippen LogP contribution in [-0.4, -0.2) is 20.9 Å². The summed E-state index contributed by atoms with van der Waals surface area (Å²) in [7, 11) is 0. The Labute approximate surface area is 160 Å². The van der Waals surface area contributed by atoms with Crippen LogP contribution in [0.4, 0.5) is 21.6 Å². The second kappa shape index (κ2) is 7.40. The highest BCUT2D eigenvalue weighted by atomic mass is 19.1. The maximum Gasteiger partial charge on any atom is 0.274 e. The first kappa shape index (κ1) is 17.5. The summed E-state index contributed by atoms with van der Waals surface area (Å²) in [4.78, 5) is 25.4. The summed E-state index contributed by atoms with van der Waals surface area (Å²) in [6.45, 7) is 1.69. The van der Waals surface area contributed by atoms with Crippen LogP contribution in [0.25, 0.3) is 10.9 Å². The van der Waals surface area contributed by atoms with E-state index in [-0.39, 0.29) is 11.4 Å². The second-order valence-corrected chi connectivity index (χ2v) is 6.13. The fourth-order valence-electron chi connectivity index (χ4n) is 2.84. The van der Waals surface area contributed by atoms with Crippen molar-refractivity contribution in [2.75, 3.05) is 10.6 Å². The average Bonchev–Trinajstić information content (AvgIpc) is 2.69. The van der Waals surface area contributed by atoms with Gasteiger partial charge in [-0.15, -0.1) is 0 Å². The first-order valence-corrected chi connectivity index (χ1v) is 8.62. The standard InChI is InChI=1S/C21H16FN5O/c1-13-24-18(21(28)27-16-9-3-2-8-15(16)22)12-19(25-13)26-17-10-4-6-14-7-5-11-23-20(14)17/h2-12H,1H3,(H,27,28)(H,24,25,26). The molecule has 0 spiro atoms. The van der Waals surface area contributed by atoms with Crippen molar-refractivity contribution in [2.24, 2.45) is 0 Å². The lowest BCUT2D eigenvalue weighted by Gasteiger charge is -2.11. The number of carbonyl (C=O) groups excluding carboxylic acids is 1. The van der Waals surface area contributed by atoms with Gasteiger partial charge in [-0.3, -0.25) is 9.78 Å². The van der Waals surface area contributed by atoms with Crippen molar-refractivity contribution in [1.82, 2.24) is 15.0 Å². The van der Waals surface area contributed by atoms with Gasteiger partial charge in [0.05, 0.1) is 16.9 Å². The van der Waals surface area contributed by atoms with E-state index in [0.717, 1.165) is 16.6 Å². The van der Waals surface area contributed by atoms with Crippen LogP contribution in [0.1, 0.15) is 16.3 Å². The Morgan fingerprint density at radius 2 is 1.75 bits per heavy atom. The monoisotopic (exact) mass is 373 g/mol. The number of nitrogens with one attached hydrogen (secondary N) is 2. The number of amides is 1. The summed E-state index contributed by atoms with van der Waals surface area (Å²) < 4.78 is 13.8. The number of hydrogen-bond donors (Lipinski definition) is 2. The maximum atomic E-state index is 13.8. The topological polar surface area (TPSA) is 79.8 Å². The maximum absolute atomic E-state index is 13.8. The smallest absolute Gasteiger partial charge is 0.274 e. The molecule has 2 aromatic heterocycles. The third kappa shape index (κ3) is 3.64. The quantitative estimate of drug-likeness (QED) is 0.552. The number of anilines is 3. The van der Waals surface area contributed by atoms with Crippen molar-refractivity contribution in [3.05, 3.63) is 84.2 Å². The van der Waals surface area contributed by atoms with E-state index in [2.05, 4.69) is 25.6 Å². The van der Waals surface area contributed by atoms with Crippen molar-refractivity contribution in [2.45, 2.75) is 6.92 Å². The zero-order chi connectivity index (χ0) is 19.5. The predicted molar refractivity (Wildman–Crippen MR) is 106 cm³/mol. The molecule has 0 bridgehead atoms. The molecule has 1 amide bonds. The number of aryl methyl sites for hydroxylation is 1. The molecule has 7 heteroatoms. The number of halogens is 1. The largest absolute Gasteiger partial charge is 0.338 e. The minimum atomic E-state index is -0.519. The van der Waals surface area contributed by atoms with Crippen molar-refractivity contribution >= 4 is 34.0 Å². The van der Waals surface area contributed by atoms with Crippen LogP contribution in [0.2, 0.25) is 0 Å². The Hall–Kier alpha value is -3.87. The number of benzene rings is 2. The Morgan fingerprint density at radius 3 is 2.61 bits per heavy atom. The number of rotatable bonds is 4. The first-order chi connectivity index (χ1) is 13.6. The molecule has 0 aliphatic heterocycles. The molecule has 28 heavy (non-hydrogen) atoms. The zero-order valence-electron chi connectivity index (χ0n) is 15.0. The van der Waals surface area contributed by atoms with Crippen molar-refractivity contribution in [1.29, 1.82) is 0 Å². The lowest BCUT2D eigenvalue weighted by Crippen LogP contribution is -2.16. The molecule has 2 N–H and O–H groups in total. The lowest BCUT2D eigenvalue weighted by atomic mass is 10.2. The average molecular weight is 373 g/mol. The van der Waals surface area contributed by atoms with E-state index in [4.69, 9.17) is 0 Å². The van der Waals surface area contributed by atoms with Gasteiger partial charge in [-0.2, -0.15) is 0 Å². The van der Waals surface area contributed by atoms with E-state index < -0.39 is 11.7 Å². The van der Waals surface area contributed by atoms with E-state index in [9.17, 15) is 9.18 Å². The van der Waals surface area contributed by atoms with Crippen molar-refractivity contribution < 1.29 is 9.18 Å². The number of fused-ring (bicyclic) bond motifs is 1. The van der Waals surface area contributed by atoms with Gasteiger partial charge in [-0.25, -0.2) is 14.4 Å². The molecule has 138 valence electrons. The molecule has 4 aromatic rings. The molecule has 0 fully saturated rings. The Balaban J connectivity index is 1.64. The summed E-state index contributed by atoms with van der Waals surface area (Å²) in [5.41, 5.74) is 1.78. The SMILES string of the molecule is Cc1nc(Nc2cccc3cccnc23)cc(C(=O)Nc2ccccc2F)n1. The van der Waals surface area contributed by atoms with Gasteiger partial charge >= 0.3 is 0 Å². The van der Waals surface area contributed by atoms with Gasteiger partial charge in [-0.1, -0.05) is 30.3 Å². The summed E-state index contributed by atoms with van der Waals surface area (Å²) in [6.07, 6.45) is 1.71. The molecule has 0 saturated heterocycles. The van der Waals surface area contributed by atoms with Crippen LogP contribution < -0.4 is 10.6 Å². The first-order valence-electron chi connectivity index (χ1n) is 8.62. The molecule has 0 saturated carbocycles. The number of pyridine rings is 1. The van der Waals surface area contributed by atoms with Gasteiger partial charge in [0.25, 0.3) is 5.91 Å². The normalized spacial score (nSPS) is 10.6. The van der Waals surface area contributed by atoms with Crippen LogP contribution in [-0.2, 0) is 0 Å². The number of para-hydroxylation sites is 2. The van der Waals surface area contributed by atoms with Gasteiger partial charge in [0.2, 0.25) is 0 Å². The van der Waals surface area contributed by atoms with E-state index in [0.29, 0.717) is 11.6 Å². The van der Waals surface area contributed by atoms with Gasteiger partial charge in [-0.05, 0) is 31.2 Å². The van der Waals surface area contributed by atoms with Gasteiger partial charge in [0.15, 0.2) is 0 Å². The number of nitrogens with zero attached hydrogens (tertiary/aromatic N) is 3. The fraction of sp³-hybridized carbons (Fsp3) is 0.0476. The van der Waals surface area contributed by atoms with Crippen molar-refractivity contribution in [3.63, 3.8) is 0 Å². The molecular weight excluding hydrogens is 357 g/mol. The number of aromatic nitrogens is 3.